The van der Waals surface area contributed by atoms with E-state index in [1.165, 1.54) is 0 Å². The number of hydrogen-bond acceptors (Lipinski definition) is 14. The lowest BCUT2D eigenvalue weighted by Gasteiger charge is -2.62. The predicted molar refractivity (Wildman–Crippen MR) is 280 cm³/mol. The average molecular weight is 1150 g/mol. The van der Waals surface area contributed by atoms with Crippen molar-refractivity contribution in [3.63, 3.8) is 0 Å². The molecule has 0 aliphatic carbocycles. The Kier molecular flexibility index (Phi) is 12.1. The van der Waals surface area contributed by atoms with E-state index < -0.39 is 80.7 Å². The number of rotatable bonds is 11. The summed E-state index contributed by atoms with van der Waals surface area (Å²) < 4.78 is 102. The van der Waals surface area contributed by atoms with Gasteiger partial charge in [0.1, 0.15) is 4.32 Å². The molecule has 6 aliphatic rings. The number of halogens is 1. The minimum absolute atomic E-state index is 0.163. The molecule has 23 heteroatoms. The minimum Gasteiger partial charge on any atom is -0.465 e. The number of carbonyl (C=O) groups is 1. The normalized spacial score (nSPS) is 32.9. The molecule has 0 saturated carbocycles. The van der Waals surface area contributed by atoms with Crippen molar-refractivity contribution in [2.45, 2.75) is 24.2 Å². The van der Waals surface area contributed by atoms with Gasteiger partial charge < -0.3 is 54.1 Å². The molecule has 0 spiro atoms. The maximum atomic E-state index is 13.7. The molecule has 6 saturated heterocycles. The number of carbonyl (C=O) groups excluding carboxylic acids is 1. The topological polar surface area (TPSA) is 137 Å². The molecule has 0 N–H and O–H groups in total. The summed E-state index contributed by atoms with van der Waals surface area (Å²) >= 11 is 3.49. The summed E-state index contributed by atoms with van der Waals surface area (Å²) in [5, 5.41) is 3.62. The van der Waals surface area contributed by atoms with E-state index in [-0.39, 0.29) is 12.7 Å². The standard InChI is InChI=1S/C48H45BrO14Si8/c1-48(2,49)47(50)51-38-39-64-52-65(40-24-10-3-11-25-40)55-68(43-30-16-6-17-31-43)57-66(53-64,41-26-12-4-13-27-41)59-70(45-34-20-8-21-35-45)60-67(54-64,42-28-14-5-15-29-42)58-69(56-65,44-32-18-7-19-33-44)62-71(61-68,63-70)46-36-22-9-23-37-46/h3-37H,38-39H2,1-2H3. The smallest absolute Gasteiger partial charge is 0.465 e. The van der Waals surface area contributed by atoms with Crippen LogP contribution >= 0.6 is 15.9 Å². The Labute approximate surface area is 427 Å². The van der Waals surface area contributed by atoms with Gasteiger partial charge in [0.2, 0.25) is 0 Å². The van der Waals surface area contributed by atoms with Crippen LogP contribution in [0.1, 0.15) is 13.8 Å². The van der Waals surface area contributed by atoms with E-state index in [1.54, 1.807) is 13.8 Å². The Morgan fingerprint density at radius 1 is 0.352 bits per heavy atom. The second-order valence-corrected chi connectivity index (χ2v) is 43.2. The molecule has 6 aliphatic heterocycles. The predicted octanol–water partition coefficient (Wildman–Crippen LogP) is 3.83. The minimum atomic E-state index is -4.81. The van der Waals surface area contributed by atoms with Crippen molar-refractivity contribution in [2.24, 2.45) is 0 Å². The van der Waals surface area contributed by atoms with Crippen molar-refractivity contribution < 1.29 is 58.9 Å². The van der Waals surface area contributed by atoms with Crippen molar-refractivity contribution in [2.75, 3.05) is 6.61 Å². The molecule has 0 aromatic heterocycles. The van der Waals surface area contributed by atoms with Crippen molar-refractivity contribution in [1.82, 2.24) is 0 Å². The number of alkyl halides is 1. The van der Waals surface area contributed by atoms with Crippen LogP contribution in [0.4, 0.5) is 0 Å². The highest BCUT2D eigenvalue weighted by atomic mass is 79.9. The molecule has 0 radical (unpaired) electrons. The SMILES string of the molecule is CC(C)(Br)C(=O)OCC[Si]12O[Si]3(c4ccccc4)O[Si]4(c5ccccc5)O[Si](c5ccccc5)(O1)O[Si]1(c5ccccc5)O[Si](c5ccccc5)(O2)O[Si](c2ccccc2)(O3)O[Si](c2ccccc2)(O4)O1. The number of benzene rings is 7. The first-order valence-corrected chi connectivity index (χ1v) is 37.8. The number of esters is 1. The third kappa shape index (κ3) is 8.36. The van der Waals surface area contributed by atoms with Crippen molar-refractivity contribution in [3.05, 3.63) is 212 Å². The Morgan fingerprint density at radius 2 is 0.535 bits per heavy atom. The van der Waals surface area contributed by atoms with Crippen molar-refractivity contribution >= 4 is 129 Å². The highest BCUT2D eigenvalue weighted by molar-refractivity contribution is 9.10. The average Bonchev–Trinajstić information content (AvgIpc) is 3.37. The summed E-state index contributed by atoms with van der Waals surface area (Å²) in [6, 6.07) is 65.8. The molecule has 6 heterocycles. The zero-order valence-corrected chi connectivity index (χ0v) is 47.8. The van der Waals surface area contributed by atoms with Gasteiger partial charge in [-0.15, -0.1) is 0 Å². The van der Waals surface area contributed by atoms with Gasteiger partial charge in [-0.05, 0) is 13.8 Å². The lowest BCUT2D eigenvalue weighted by Crippen LogP contribution is -2.95. The van der Waals surface area contributed by atoms with Gasteiger partial charge >= 0.3 is 76.4 Å². The lowest BCUT2D eigenvalue weighted by atomic mass is 10.2. The van der Waals surface area contributed by atoms with E-state index in [9.17, 15) is 4.79 Å². The Morgan fingerprint density at radius 3 is 0.718 bits per heavy atom. The van der Waals surface area contributed by atoms with Crippen LogP contribution in [0.3, 0.4) is 0 Å². The molecular weight excluding hydrogens is 1110 g/mol. The molecule has 14 nitrogen and oxygen atoms in total. The lowest BCUT2D eigenvalue weighted by molar-refractivity contribution is -0.145. The van der Waals surface area contributed by atoms with Crippen LogP contribution in [0, 0.1) is 0 Å². The van der Waals surface area contributed by atoms with Crippen LogP contribution in [0.25, 0.3) is 0 Å². The second-order valence-electron chi connectivity index (χ2n) is 17.7. The zero-order chi connectivity index (χ0) is 48.5. The van der Waals surface area contributed by atoms with Crippen LogP contribution in [-0.4, -0.2) is 87.3 Å². The highest BCUT2D eigenvalue weighted by Gasteiger charge is 2.86. The fourth-order valence-corrected chi connectivity index (χ4v) is 55.5. The van der Waals surface area contributed by atoms with E-state index in [4.69, 9.17) is 54.1 Å². The van der Waals surface area contributed by atoms with Gasteiger partial charge in [0.25, 0.3) is 0 Å². The Bertz CT molecular complexity index is 2750. The third-order valence-corrected chi connectivity index (χ3v) is 47.0. The van der Waals surface area contributed by atoms with E-state index in [1.807, 2.05) is 212 Å². The highest BCUT2D eigenvalue weighted by Crippen LogP contribution is 2.49. The molecule has 6 fully saturated rings. The molecule has 7 aromatic rings. The maximum Gasteiger partial charge on any atom is 0.515 e. The first-order chi connectivity index (χ1) is 34.3. The van der Waals surface area contributed by atoms with Gasteiger partial charge in [0.15, 0.2) is 0 Å². The molecule has 13 rings (SSSR count). The molecule has 360 valence electrons. The fraction of sp³-hybridized carbons (Fsp3) is 0.104. The molecule has 0 unspecified atom stereocenters. The van der Waals surface area contributed by atoms with Crippen LogP contribution in [0.15, 0.2) is 212 Å². The van der Waals surface area contributed by atoms with E-state index in [0.29, 0.717) is 36.3 Å². The maximum absolute atomic E-state index is 13.7. The first kappa shape index (κ1) is 47.7. The summed E-state index contributed by atoms with van der Waals surface area (Å²) in [7, 11) is -38.4. The summed E-state index contributed by atoms with van der Waals surface area (Å²) in [6.45, 7) is 3.18. The van der Waals surface area contributed by atoms with Gasteiger partial charge in [-0.3, -0.25) is 4.79 Å². The third-order valence-electron chi connectivity index (χ3n) is 12.3. The molecule has 0 atom stereocenters. The van der Waals surface area contributed by atoms with Crippen LogP contribution in [-0.2, 0) is 58.9 Å². The molecule has 7 aromatic carbocycles. The monoisotopic (exact) mass is 1150 g/mol. The van der Waals surface area contributed by atoms with Gasteiger partial charge in [-0.1, -0.05) is 228 Å². The van der Waals surface area contributed by atoms with Crippen LogP contribution in [0.2, 0.25) is 6.04 Å². The molecule has 8 bridgehead atoms. The van der Waals surface area contributed by atoms with E-state index >= 15 is 0 Å². The van der Waals surface area contributed by atoms with E-state index in [2.05, 4.69) is 15.9 Å². The molecular formula is C48H45BrO14Si8. The van der Waals surface area contributed by atoms with Crippen LogP contribution < -0.4 is 36.3 Å². The summed E-state index contributed by atoms with van der Waals surface area (Å²) in [5.41, 5.74) is 0. The van der Waals surface area contributed by atoms with E-state index in [0.717, 1.165) is 0 Å². The van der Waals surface area contributed by atoms with Crippen LogP contribution in [0.5, 0.6) is 0 Å². The second kappa shape index (κ2) is 18.0. The number of hydrogen-bond donors (Lipinski definition) is 0. The zero-order valence-electron chi connectivity index (χ0n) is 38.2. The molecule has 71 heavy (non-hydrogen) atoms. The quantitative estimate of drug-likeness (QED) is 0.106. The van der Waals surface area contributed by atoms with Crippen molar-refractivity contribution in [1.29, 1.82) is 0 Å². The number of ether oxygens (including phenoxy) is 1. The summed E-state index contributed by atoms with van der Waals surface area (Å²) in [6.07, 6.45) is 0. The molecule has 0 amide bonds. The fourth-order valence-electron chi connectivity index (χ4n) is 9.03. The van der Waals surface area contributed by atoms with Crippen molar-refractivity contribution in [3.8, 4) is 0 Å². The first-order valence-electron chi connectivity index (χ1n) is 23.0. The Hall–Kier alpha value is -4.25. The summed E-state index contributed by atoms with van der Waals surface area (Å²) in [4.78, 5) is 13.7. The summed E-state index contributed by atoms with van der Waals surface area (Å²) in [5.74, 6) is -0.522. The van der Waals surface area contributed by atoms with Gasteiger partial charge in [0, 0.05) is 36.3 Å². The van der Waals surface area contributed by atoms with Gasteiger partial charge in [-0.25, -0.2) is 0 Å². The largest absolute Gasteiger partial charge is 0.515 e. The van der Waals surface area contributed by atoms with Gasteiger partial charge in [-0.2, -0.15) is 0 Å². The Balaban J connectivity index is 1.26. The van der Waals surface area contributed by atoms with Gasteiger partial charge in [0.05, 0.1) is 12.7 Å².